The number of ether oxygens (including phenoxy) is 1. The first-order valence-electron chi connectivity index (χ1n) is 9.51. The van der Waals surface area contributed by atoms with E-state index < -0.39 is 11.6 Å². The largest absolute Gasteiger partial charge is 0.468 e. The number of fused-ring (bicyclic) bond motifs is 4. The van der Waals surface area contributed by atoms with E-state index in [0.29, 0.717) is 17.9 Å². The molecule has 0 saturated carbocycles. The summed E-state index contributed by atoms with van der Waals surface area (Å²) in [6, 6.07) is 15.1. The van der Waals surface area contributed by atoms with E-state index in [9.17, 15) is 14.7 Å². The van der Waals surface area contributed by atoms with Crippen molar-refractivity contribution in [1.29, 1.82) is 0 Å². The van der Waals surface area contributed by atoms with E-state index in [-0.39, 0.29) is 30.9 Å². The van der Waals surface area contributed by atoms with Crippen LogP contribution in [0.15, 0.2) is 48.5 Å². The van der Waals surface area contributed by atoms with E-state index in [2.05, 4.69) is 5.32 Å². The van der Waals surface area contributed by atoms with Crippen LogP contribution in [0.25, 0.3) is 0 Å². The highest BCUT2D eigenvalue weighted by molar-refractivity contribution is 6.08. The third kappa shape index (κ3) is 2.94. The summed E-state index contributed by atoms with van der Waals surface area (Å²) >= 11 is 0. The predicted octanol–water partition coefficient (Wildman–Crippen LogP) is 2.67. The average Bonchev–Trinajstić information content (AvgIpc) is 2.67. The highest BCUT2D eigenvalue weighted by atomic mass is 16.5. The van der Waals surface area contributed by atoms with Crippen molar-refractivity contribution in [2.24, 2.45) is 5.92 Å². The van der Waals surface area contributed by atoms with Gasteiger partial charge in [-0.15, -0.1) is 0 Å². The summed E-state index contributed by atoms with van der Waals surface area (Å²) in [5, 5.41) is 12.4. The van der Waals surface area contributed by atoms with E-state index in [4.69, 9.17) is 4.74 Å². The van der Waals surface area contributed by atoms with Crippen molar-refractivity contribution in [3.8, 4) is 5.75 Å². The number of para-hydroxylation sites is 2. The van der Waals surface area contributed by atoms with Crippen LogP contribution in [0.5, 0.6) is 5.75 Å². The van der Waals surface area contributed by atoms with Crippen LogP contribution in [0.1, 0.15) is 30.4 Å². The lowest BCUT2D eigenvalue weighted by molar-refractivity contribution is -0.176. The molecule has 2 amide bonds. The zero-order valence-electron chi connectivity index (χ0n) is 16.0. The predicted molar refractivity (Wildman–Crippen MR) is 105 cm³/mol. The Morgan fingerprint density at radius 1 is 1.25 bits per heavy atom. The molecule has 2 heterocycles. The standard InChI is InChI=1S/C22H24N2O4/c1-14-7-3-5-9-17(14)23-20(26)19-16-13-22(2,24(11-12-25)21(19)27)28-18-10-6-4-8-15(16)18/h3-10,16,19,25H,11-13H2,1-2H3,(H,23,26)/t16-,19+,22-/m0/s1. The number of carbonyl (C=O) groups is 2. The minimum atomic E-state index is -0.877. The number of β-amino-alcohol motifs (C(OH)–C–C–N with tert-alkyl or cyclic N) is 1. The lowest BCUT2D eigenvalue weighted by atomic mass is 9.73. The number of carbonyl (C=O) groups excluding carboxylic acids is 2. The van der Waals surface area contributed by atoms with Crippen LogP contribution in [-0.4, -0.2) is 40.7 Å². The Kier molecular flexibility index (Phi) is 4.59. The summed E-state index contributed by atoms with van der Waals surface area (Å²) in [4.78, 5) is 28.1. The van der Waals surface area contributed by atoms with Gasteiger partial charge in [0.15, 0.2) is 5.72 Å². The van der Waals surface area contributed by atoms with Gasteiger partial charge in [0.1, 0.15) is 11.7 Å². The maximum absolute atomic E-state index is 13.3. The van der Waals surface area contributed by atoms with Crippen LogP contribution in [0.3, 0.4) is 0 Å². The summed E-state index contributed by atoms with van der Waals surface area (Å²) in [6.07, 6.45) is 0.502. The Hall–Kier alpha value is -2.86. The molecule has 28 heavy (non-hydrogen) atoms. The topological polar surface area (TPSA) is 78.9 Å². The van der Waals surface area contributed by atoms with Gasteiger partial charge in [0.2, 0.25) is 11.8 Å². The van der Waals surface area contributed by atoms with Crippen LogP contribution < -0.4 is 10.1 Å². The number of amides is 2. The molecule has 0 unspecified atom stereocenters. The van der Waals surface area contributed by atoms with Gasteiger partial charge in [0.25, 0.3) is 0 Å². The van der Waals surface area contributed by atoms with Crippen molar-refractivity contribution in [1.82, 2.24) is 4.90 Å². The van der Waals surface area contributed by atoms with Gasteiger partial charge >= 0.3 is 0 Å². The molecule has 2 aliphatic rings. The van der Waals surface area contributed by atoms with Crippen LogP contribution in [0, 0.1) is 12.8 Å². The number of rotatable bonds is 4. The molecule has 0 aromatic heterocycles. The number of likely N-dealkylation sites (tertiary alicyclic amines) is 1. The fraction of sp³-hybridized carbons (Fsp3) is 0.364. The van der Waals surface area contributed by atoms with Gasteiger partial charge in [0.05, 0.1) is 6.61 Å². The first kappa shape index (κ1) is 18.5. The third-order valence-electron chi connectivity index (χ3n) is 5.76. The van der Waals surface area contributed by atoms with E-state index in [1.54, 1.807) is 0 Å². The smallest absolute Gasteiger partial charge is 0.238 e. The van der Waals surface area contributed by atoms with Gasteiger partial charge in [-0.3, -0.25) is 9.59 Å². The van der Waals surface area contributed by atoms with Crippen LogP contribution >= 0.6 is 0 Å². The zero-order chi connectivity index (χ0) is 19.9. The average molecular weight is 380 g/mol. The molecule has 6 nitrogen and oxygen atoms in total. The Morgan fingerprint density at radius 3 is 2.71 bits per heavy atom. The maximum atomic E-state index is 13.3. The highest BCUT2D eigenvalue weighted by Crippen LogP contribution is 2.50. The number of hydrogen-bond acceptors (Lipinski definition) is 4. The molecule has 1 fully saturated rings. The Bertz CT molecular complexity index is 928. The number of nitrogens with one attached hydrogen (secondary N) is 1. The zero-order valence-corrected chi connectivity index (χ0v) is 16.0. The van der Waals surface area contributed by atoms with Gasteiger partial charge in [-0.1, -0.05) is 36.4 Å². The van der Waals surface area contributed by atoms with Crippen molar-refractivity contribution < 1.29 is 19.4 Å². The number of hydrogen-bond donors (Lipinski definition) is 2. The molecule has 2 aliphatic heterocycles. The second-order valence-corrected chi connectivity index (χ2v) is 7.62. The molecule has 2 N–H and O–H groups in total. The van der Waals surface area contributed by atoms with E-state index >= 15 is 0 Å². The van der Waals surface area contributed by atoms with Crippen molar-refractivity contribution >= 4 is 17.5 Å². The molecular weight excluding hydrogens is 356 g/mol. The summed E-state index contributed by atoms with van der Waals surface area (Å²) in [5.74, 6) is -1.10. The number of nitrogens with zero attached hydrogens (tertiary/aromatic N) is 1. The highest BCUT2D eigenvalue weighted by Gasteiger charge is 2.55. The molecule has 2 aromatic rings. The van der Waals surface area contributed by atoms with Crippen molar-refractivity contribution in [3.05, 3.63) is 59.7 Å². The van der Waals surface area contributed by atoms with Crippen molar-refractivity contribution in [3.63, 3.8) is 0 Å². The molecule has 0 radical (unpaired) electrons. The van der Waals surface area contributed by atoms with Gasteiger partial charge < -0.3 is 20.1 Å². The molecular formula is C22H24N2O4. The van der Waals surface area contributed by atoms with Gasteiger partial charge in [0, 0.05) is 24.6 Å². The van der Waals surface area contributed by atoms with E-state index in [1.165, 1.54) is 4.90 Å². The summed E-state index contributed by atoms with van der Waals surface area (Å²) in [6.45, 7) is 3.69. The Morgan fingerprint density at radius 2 is 1.96 bits per heavy atom. The molecule has 2 bridgehead atoms. The second-order valence-electron chi connectivity index (χ2n) is 7.62. The maximum Gasteiger partial charge on any atom is 0.238 e. The molecule has 0 spiro atoms. The second kappa shape index (κ2) is 6.95. The van der Waals surface area contributed by atoms with Gasteiger partial charge in [-0.2, -0.15) is 0 Å². The van der Waals surface area contributed by atoms with E-state index in [0.717, 1.165) is 11.1 Å². The summed E-state index contributed by atoms with van der Waals surface area (Å²) in [7, 11) is 0. The molecule has 6 heteroatoms. The molecule has 1 saturated heterocycles. The van der Waals surface area contributed by atoms with Gasteiger partial charge in [-0.25, -0.2) is 0 Å². The van der Waals surface area contributed by atoms with Crippen LogP contribution in [0.2, 0.25) is 0 Å². The number of aryl methyl sites for hydroxylation is 1. The number of aliphatic hydroxyl groups excluding tert-OH is 1. The minimum absolute atomic E-state index is 0.123. The lowest BCUT2D eigenvalue weighted by Crippen LogP contribution is -2.64. The number of benzene rings is 2. The SMILES string of the molecule is Cc1ccccc1NC(=O)[C@@H]1C(=O)N(CCO)[C@]2(C)C[C@H]1c1ccccc1O2. The van der Waals surface area contributed by atoms with Crippen molar-refractivity contribution in [2.75, 3.05) is 18.5 Å². The quantitative estimate of drug-likeness (QED) is 0.800. The van der Waals surface area contributed by atoms with Gasteiger partial charge in [-0.05, 0) is 37.1 Å². The molecule has 146 valence electrons. The monoisotopic (exact) mass is 380 g/mol. The molecule has 3 atom stereocenters. The fourth-order valence-corrected chi connectivity index (χ4v) is 4.38. The summed E-state index contributed by atoms with van der Waals surface area (Å²) in [5.41, 5.74) is 1.63. The Balaban J connectivity index is 1.74. The lowest BCUT2D eigenvalue weighted by Gasteiger charge is -2.52. The summed E-state index contributed by atoms with van der Waals surface area (Å²) < 4.78 is 6.15. The van der Waals surface area contributed by atoms with Crippen molar-refractivity contribution in [2.45, 2.75) is 31.9 Å². The number of aliphatic hydroxyl groups is 1. The third-order valence-corrected chi connectivity index (χ3v) is 5.76. The first-order chi connectivity index (χ1) is 13.4. The van der Waals surface area contributed by atoms with E-state index in [1.807, 2.05) is 62.4 Å². The minimum Gasteiger partial charge on any atom is -0.468 e. The van der Waals surface area contributed by atoms with Crippen LogP contribution in [0.4, 0.5) is 5.69 Å². The number of anilines is 1. The Labute approximate surface area is 164 Å². The normalized spacial score (nSPS) is 25.7. The molecule has 2 aromatic carbocycles. The van der Waals surface area contributed by atoms with Crippen LogP contribution in [-0.2, 0) is 9.59 Å². The fourth-order valence-electron chi connectivity index (χ4n) is 4.38. The first-order valence-corrected chi connectivity index (χ1v) is 9.51. The number of piperidine rings is 1. The molecule has 0 aliphatic carbocycles. The molecule has 4 rings (SSSR count).